The highest BCUT2D eigenvalue weighted by atomic mass is 19.4. The van der Waals surface area contributed by atoms with Crippen LogP contribution in [0.5, 0.6) is 5.75 Å². The van der Waals surface area contributed by atoms with Gasteiger partial charge in [-0.3, -0.25) is 15.2 Å². The average molecular weight is 379 g/mol. The van der Waals surface area contributed by atoms with Gasteiger partial charge in [0.2, 0.25) is 6.23 Å². The quantitative estimate of drug-likeness (QED) is 0.824. The van der Waals surface area contributed by atoms with E-state index in [0.717, 1.165) is 18.2 Å². The molecule has 0 spiro atoms. The highest BCUT2D eigenvalue weighted by Crippen LogP contribution is 2.31. The third-order valence-corrected chi connectivity index (χ3v) is 3.54. The van der Waals surface area contributed by atoms with Gasteiger partial charge in [0.05, 0.1) is 11.8 Å². The van der Waals surface area contributed by atoms with Gasteiger partial charge in [0.1, 0.15) is 11.6 Å². The first-order valence-electron chi connectivity index (χ1n) is 7.72. The van der Waals surface area contributed by atoms with Crippen LogP contribution < -0.4 is 10.2 Å². The van der Waals surface area contributed by atoms with E-state index in [0.29, 0.717) is 0 Å². The third-order valence-electron chi connectivity index (χ3n) is 3.54. The van der Waals surface area contributed by atoms with Crippen molar-refractivity contribution in [3.05, 3.63) is 77.9 Å². The normalized spacial score (nSPS) is 16.3. The summed E-state index contributed by atoms with van der Waals surface area (Å²) in [7, 11) is 0. The molecular weight excluding hydrogens is 366 g/mol. The average Bonchev–Trinajstić information content (AvgIpc) is 2.63. The molecule has 1 amide bonds. The molecule has 0 bridgehead atoms. The van der Waals surface area contributed by atoms with Gasteiger partial charge in [0, 0.05) is 18.0 Å². The first kappa shape index (κ1) is 18.4. The number of aliphatic imine (C=N–C) groups is 1. The predicted molar refractivity (Wildman–Crippen MR) is 89.2 cm³/mol. The van der Waals surface area contributed by atoms with Gasteiger partial charge in [-0.25, -0.2) is 9.40 Å². The molecule has 3 rings (SSSR count). The maximum Gasteiger partial charge on any atom is 0.416 e. The van der Waals surface area contributed by atoms with Crippen molar-refractivity contribution >= 4 is 12.1 Å². The van der Waals surface area contributed by atoms with Gasteiger partial charge in [0.25, 0.3) is 5.91 Å². The molecule has 1 aliphatic heterocycles. The maximum absolute atomic E-state index is 13.3. The number of nitrogens with one attached hydrogen (secondary N) is 1. The molecule has 1 atom stereocenters. The van der Waals surface area contributed by atoms with Crippen molar-refractivity contribution in [3.8, 4) is 5.75 Å². The molecule has 5 nitrogen and oxygen atoms in total. The molecule has 1 aliphatic rings. The molecule has 27 heavy (non-hydrogen) atoms. The van der Waals surface area contributed by atoms with Gasteiger partial charge < -0.3 is 4.74 Å². The molecule has 1 N–H and O–H groups in total. The number of hydrogen-bond acceptors (Lipinski definition) is 4. The number of amides is 1. The van der Waals surface area contributed by atoms with E-state index >= 15 is 0 Å². The highest BCUT2D eigenvalue weighted by molar-refractivity contribution is 5.94. The van der Waals surface area contributed by atoms with Crippen LogP contribution in [0.3, 0.4) is 0 Å². The number of benzene rings is 2. The van der Waals surface area contributed by atoms with Gasteiger partial charge in [-0.1, -0.05) is 12.1 Å². The molecule has 2 aromatic rings. The van der Waals surface area contributed by atoms with Crippen LogP contribution in [0.4, 0.5) is 17.6 Å². The van der Waals surface area contributed by atoms with E-state index in [4.69, 9.17) is 4.74 Å². The summed E-state index contributed by atoms with van der Waals surface area (Å²) in [5.41, 5.74) is 1.69. The van der Waals surface area contributed by atoms with Crippen molar-refractivity contribution in [2.24, 2.45) is 4.99 Å². The van der Waals surface area contributed by atoms with E-state index in [9.17, 15) is 22.4 Å². The van der Waals surface area contributed by atoms with E-state index in [-0.39, 0.29) is 11.3 Å². The van der Waals surface area contributed by atoms with E-state index in [2.05, 4.69) is 10.4 Å². The van der Waals surface area contributed by atoms with Crippen LogP contribution in [0.2, 0.25) is 0 Å². The fraction of sp³-hybridized carbons (Fsp3) is 0.111. The van der Waals surface area contributed by atoms with Gasteiger partial charge in [-0.05, 0) is 36.4 Å². The molecule has 140 valence electrons. The molecule has 2 aromatic carbocycles. The second-order valence-electron chi connectivity index (χ2n) is 5.49. The van der Waals surface area contributed by atoms with Crippen LogP contribution in [0.15, 0.2) is 65.9 Å². The Morgan fingerprint density at radius 3 is 2.67 bits per heavy atom. The Kier molecular flexibility index (Phi) is 5.11. The number of nitrogens with zero attached hydrogens (tertiary/aromatic N) is 2. The Balaban J connectivity index is 1.74. The lowest BCUT2D eigenvalue weighted by Crippen LogP contribution is -2.49. The zero-order chi connectivity index (χ0) is 19.4. The minimum absolute atomic E-state index is 0.0541. The number of hydrazine groups is 1. The van der Waals surface area contributed by atoms with Crippen LogP contribution in [-0.4, -0.2) is 23.4 Å². The highest BCUT2D eigenvalue weighted by Gasteiger charge is 2.31. The molecule has 0 fully saturated rings. The Hall–Kier alpha value is -3.36. The van der Waals surface area contributed by atoms with E-state index in [1.165, 1.54) is 54.0 Å². The van der Waals surface area contributed by atoms with Crippen LogP contribution in [0, 0.1) is 5.82 Å². The number of ether oxygens (including phenoxy) is 1. The van der Waals surface area contributed by atoms with Crippen molar-refractivity contribution in [2.45, 2.75) is 12.4 Å². The Morgan fingerprint density at radius 2 is 1.93 bits per heavy atom. The zero-order valence-electron chi connectivity index (χ0n) is 13.7. The van der Waals surface area contributed by atoms with Crippen LogP contribution in [0.25, 0.3) is 0 Å². The first-order chi connectivity index (χ1) is 12.8. The standard InChI is InChI=1S/C18H13F4N3O2/c19-14-5-1-3-12(9-14)17(26)24-25-8-7-23-11-16(25)27-15-6-2-4-13(10-15)18(20,21)22/h1-11,16H,(H,24,26). The van der Waals surface area contributed by atoms with Gasteiger partial charge in [-0.2, -0.15) is 13.2 Å². The number of rotatable bonds is 4. The lowest BCUT2D eigenvalue weighted by Gasteiger charge is -2.29. The minimum atomic E-state index is -4.51. The summed E-state index contributed by atoms with van der Waals surface area (Å²) in [4.78, 5) is 16.1. The van der Waals surface area contributed by atoms with Crippen molar-refractivity contribution < 1.29 is 27.1 Å². The summed E-state index contributed by atoms with van der Waals surface area (Å²) < 4.78 is 57.2. The molecular formula is C18H13F4N3O2. The van der Waals surface area contributed by atoms with Crippen molar-refractivity contribution in [2.75, 3.05) is 0 Å². The SMILES string of the molecule is O=C(NN1C=CN=CC1Oc1cccc(C(F)(F)F)c1)c1cccc(F)c1. The molecule has 0 radical (unpaired) electrons. The van der Waals surface area contributed by atoms with Gasteiger partial charge in [0.15, 0.2) is 0 Å². The molecule has 0 saturated heterocycles. The second-order valence-corrected chi connectivity index (χ2v) is 5.49. The van der Waals surface area contributed by atoms with E-state index < -0.39 is 29.7 Å². The maximum atomic E-state index is 13.3. The monoisotopic (exact) mass is 379 g/mol. The zero-order valence-corrected chi connectivity index (χ0v) is 13.7. The van der Waals surface area contributed by atoms with Gasteiger partial charge >= 0.3 is 6.18 Å². The third kappa shape index (κ3) is 4.63. The van der Waals surface area contributed by atoms with Crippen LogP contribution in [-0.2, 0) is 6.18 Å². The van der Waals surface area contributed by atoms with E-state index in [1.807, 2.05) is 0 Å². The van der Waals surface area contributed by atoms with Crippen LogP contribution >= 0.6 is 0 Å². The summed E-state index contributed by atoms with van der Waals surface area (Å²) in [5.74, 6) is -1.25. The second kappa shape index (κ2) is 7.48. The van der Waals surface area contributed by atoms with Crippen molar-refractivity contribution in [3.63, 3.8) is 0 Å². The topological polar surface area (TPSA) is 53.9 Å². The number of carbonyl (C=O) groups is 1. The minimum Gasteiger partial charge on any atom is -0.464 e. The number of carbonyl (C=O) groups excluding carboxylic acids is 1. The fourth-order valence-electron chi connectivity index (χ4n) is 2.28. The summed E-state index contributed by atoms with van der Waals surface area (Å²) >= 11 is 0. The summed E-state index contributed by atoms with van der Waals surface area (Å²) in [5, 5.41) is 1.21. The Labute approximate surface area is 151 Å². The Morgan fingerprint density at radius 1 is 1.15 bits per heavy atom. The summed E-state index contributed by atoms with van der Waals surface area (Å²) in [6, 6.07) is 9.39. The van der Waals surface area contributed by atoms with Crippen LogP contribution in [0.1, 0.15) is 15.9 Å². The lowest BCUT2D eigenvalue weighted by atomic mass is 10.2. The lowest BCUT2D eigenvalue weighted by molar-refractivity contribution is -0.137. The molecule has 0 aliphatic carbocycles. The Bertz CT molecular complexity index is 896. The smallest absolute Gasteiger partial charge is 0.416 e. The first-order valence-corrected chi connectivity index (χ1v) is 7.72. The van der Waals surface area contributed by atoms with E-state index in [1.54, 1.807) is 0 Å². The molecule has 1 unspecified atom stereocenters. The number of alkyl halides is 3. The molecule has 0 aromatic heterocycles. The number of halogens is 4. The van der Waals surface area contributed by atoms with Crippen molar-refractivity contribution in [1.82, 2.24) is 10.4 Å². The van der Waals surface area contributed by atoms with Gasteiger partial charge in [-0.15, -0.1) is 0 Å². The number of hydrogen-bond donors (Lipinski definition) is 1. The molecule has 0 saturated carbocycles. The summed E-state index contributed by atoms with van der Waals surface area (Å²) in [6.07, 6.45) is -1.47. The van der Waals surface area contributed by atoms with Crippen molar-refractivity contribution in [1.29, 1.82) is 0 Å². The molecule has 1 heterocycles. The predicted octanol–water partition coefficient (Wildman–Crippen LogP) is 3.75. The summed E-state index contributed by atoms with van der Waals surface area (Å²) in [6.45, 7) is 0. The fourth-order valence-corrected chi connectivity index (χ4v) is 2.28. The molecule has 9 heteroatoms. The largest absolute Gasteiger partial charge is 0.464 e.